The maximum atomic E-state index is 10.9. The van der Waals surface area contributed by atoms with E-state index in [1.165, 1.54) is 12.1 Å². The Kier molecular flexibility index (Phi) is 4.27. The van der Waals surface area contributed by atoms with Crippen LogP contribution in [-0.2, 0) is 4.79 Å². The van der Waals surface area contributed by atoms with Gasteiger partial charge >= 0.3 is 0 Å². The smallest absolute Gasteiger partial charge is 0.269 e. The van der Waals surface area contributed by atoms with Gasteiger partial charge in [-0.05, 0) is 17.7 Å². The molecule has 0 spiro atoms. The largest absolute Gasteiger partial charge is 0.388 e. The van der Waals surface area contributed by atoms with Crippen molar-refractivity contribution in [1.82, 2.24) is 0 Å². The first-order chi connectivity index (χ1) is 7.97. The maximum absolute atomic E-state index is 10.9. The molecule has 7 heteroatoms. The van der Waals surface area contributed by atoms with Crippen molar-refractivity contribution >= 4 is 11.5 Å². The number of aliphatic hydroxyl groups excluding tert-OH is 3. The number of hydrogen-bond donors (Lipinski definition) is 3. The monoisotopic (exact) mass is 241 g/mol. The average Bonchev–Trinajstić information content (AvgIpc) is 2.36. The molecule has 7 nitrogen and oxygen atoms in total. The van der Waals surface area contributed by atoms with Gasteiger partial charge in [0, 0.05) is 12.1 Å². The van der Waals surface area contributed by atoms with Crippen molar-refractivity contribution in [2.45, 2.75) is 12.2 Å². The molecule has 0 saturated heterocycles. The molecule has 0 fully saturated rings. The van der Waals surface area contributed by atoms with Crippen LogP contribution in [0.25, 0.3) is 0 Å². The van der Waals surface area contributed by atoms with Gasteiger partial charge in [0.1, 0.15) is 18.8 Å². The number of nitro benzene ring substituents is 1. The number of carbonyl (C=O) groups excluding carboxylic acids is 1. The molecule has 0 unspecified atom stereocenters. The minimum Gasteiger partial charge on any atom is -0.388 e. The molecule has 92 valence electrons. The molecule has 0 saturated carbocycles. The van der Waals surface area contributed by atoms with E-state index in [4.69, 9.17) is 5.11 Å². The lowest BCUT2D eigenvalue weighted by Gasteiger charge is -2.15. The van der Waals surface area contributed by atoms with Gasteiger partial charge in [-0.15, -0.1) is 0 Å². The molecule has 0 heterocycles. The van der Waals surface area contributed by atoms with E-state index in [-0.39, 0.29) is 11.3 Å². The van der Waals surface area contributed by atoms with E-state index >= 15 is 0 Å². The molecule has 0 aromatic heterocycles. The zero-order chi connectivity index (χ0) is 13.0. The highest BCUT2D eigenvalue weighted by atomic mass is 16.6. The third-order valence-corrected chi connectivity index (χ3v) is 2.23. The van der Waals surface area contributed by atoms with E-state index in [1.54, 1.807) is 0 Å². The predicted octanol–water partition coefficient (Wildman–Crippen LogP) is -0.450. The Bertz CT molecular complexity index is 415. The molecular weight excluding hydrogens is 230 g/mol. The normalized spacial score (nSPS) is 14.1. The van der Waals surface area contributed by atoms with Crippen molar-refractivity contribution in [2.24, 2.45) is 0 Å². The molecule has 3 N–H and O–H groups in total. The first-order valence-electron chi connectivity index (χ1n) is 4.71. The second-order valence-electron chi connectivity index (χ2n) is 3.36. The van der Waals surface area contributed by atoms with Crippen LogP contribution < -0.4 is 0 Å². The van der Waals surface area contributed by atoms with E-state index in [9.17, 15) is 25.1 Å². The van der Waals surface area contributed by atoms with Gasteiger partial charge in [-0.3, -0.25) is 14.9 Å². The SMILES string of the molecule is O=C(CO)[C@H](O)[C@@H](O)c1ccc([N+](=O)[O-])cc1. The van der Waals surface area contributed by atoms with E-state index in [2.05, 4.69) is 0 Å². The minimum absolute atomic E-state index is 0.157. The van der Waals surface area contributed by atoms with Crippen LogP contribution in [0.1, 0.15) is 11.7 Å². The minimum atomic E-state index is -1.75. The van der Waals surface area contributed by atoms with E-state index in [1.807, 2.05) is 0 Å². The summed E-state index contributed by atoms with van der Waals surface area (Å²) < 4.78 is 0. The van der Waals surface area contributed by atoms with Gasteiger partial charge in [0.05, 0.1) is 4.92 Å². The van der Waals surface area contributed by atoms with Crippen molar-refractivity contribution in [1.29, 1.82) is 0 Å². The standard InChI is InChI=1S/C10H11NO6/c12-5-8(13)10(15)9(14)6-1-3-7(4-2-6)11(16)17/h1-4,9-10,12,14-15H,5H2/t9-,10-/m0/s1. The number of aliphatic hydroxyl groups is 3. The van der Waals surface area contributed by atoms with Gasteiger partial charge in [-0.1, -0.05) is 0 Å². The quantitative estimate of drug-likeness (QED) is 0.474. The Morgan fingerprint density at radius 2 is 1.82 bits per heavy atom. The zero-order valence-corrected chi connectivity index (χ0v) is 8.68. The van der Waals surface area contributed by atoms with Crippen LogP contribution in [-0.4, -0.2) is 38.7 Å². The summed E-state index contributed by atoms with van der Waals surface area (Å²) in [6, 6.07) is 4.76. The molecule has 1 rings (SSSR count). The van der Waals surface area contributed by atoms with E-state index < -0.39 is 29.5 Å². The number of rotatable bonds is 5. The summed E-state index contributed by atoms with van der Waals surface area (Å²) in [6.07, 6.45) is -3.27. The highest BCUT2D eigenvalue weighted by Gasteiger charge is 2.25. The number of hydrogen-bond acceptors (Lipinski definition) is 6. The number of Topliss-reactive ketones (excluding diaryl/α,β-unsaturated/α-hetero) is 1. The summed E-state index contributed by atoms with van der Waals surface area (Å²) in [4.78, 5) is 20.7. The second-order valence-corrected chi connectivity index (χ2v) is 3.36. The molecule has 0 aliphatic rings. The van der Waals surface area contributed by atoms with Crippen LogP contribution in [0.4, 0.5) is 5.69 Å². The molecule has 1 aromatic carbocycles. The third kappa shape index (κ3) is 3.06. The van der Waals surface area contributed by atoms with Crippen molar-refractivity contribution in [2.75, 3.05) is 6.61 Å². The predicted molar refractivity (Wildman–Crippen MR) is 56.2 cm³/mol. The fraction of sp³-hybridized carbons (Fsp3) is 0.300. The van der Waals surface area contributed by atoms with Crippen molar-refractivity contribution in [3.05, 3.63) is 39.9 Å². The first-order valence-corrected chi connectivity index (χ1v) is 4.71. The lowest BCUT2D eigenvalue weighted by molar-refractivity contribution is -0.384. The molecule has 0 amide bonds. The number of carbonyl (C=O) groups is 1. The molecule has 0 radical (unpaired) electrons. The van der Waals surface area contributed by atoms with Crippen LogP contribution >= 0.6 is 0 Å². The van der Waals surface area contributed by atoms with Gasteiger partial charge < -0.3 is 15.3 Å². The Balaban J connectivity index is 2.86. The van der Waals surface area contributed by atoms with Crippen molar-refractivity contribution in [3.8, 4) is 0 Å². The molecule has 1 aromatic rings. The van der Waals surface area contributed by atoms with Gasteiger partial charge in [-0.2, -0.15) is 0 Å². The van der Waals surface area contributed by atoms with Crippen molar-refractivity contribution in [3.63, 3.8) is 0 Å². The average molecular weight is 241 g/mol. The lowest BCUT2D eigenvalue weighted by Crippen LogP contribution is -2.30. The molecular formula is C10H11NO6. The van der Waals surface area contributed by atoms with Crippen LogP contribution in [0.15, 0.2) is 24.3 Å². The molecule has 0 aliphatic carbocycles. The van der Waals surface area contributed by atoms with Crippen molar-refractivity contribution < 1.29 is 25.0 Å². The fourth-order valence-corrected chi connectivity index (χ4v) is 1.25. The van der Waals surface area contributed by atoms with Crippen LogP contribution in [0.5, 0.6) is 0 Å². The summed E-state index contributed by atoms with van der Waals surface area (Å²) >= 11 is 0. The highest BCUT2D eigenvalue weighted by molar-refractivity contribution is 5.84. The highest BCUT2D eigenvalue weighted by Crippen LogP contribution is 2.20. The number of ketones is 1. The number of nitro groups is 1. The van der Waals surface area contributed by atoms with Gasteiger partial charge in [0.15, 0.2) is 5.78 Å². The first kappa shape index (κ1) is 13.2. The summed E-state index contributed by atoms with van der Waals surface area (Å²) in [5.41, 5.74) is -0.00572. The second kappa shape index (κ2) is 5.48. The number of nitrogens with zero attached hydrogens (tertiary/aromatic N) is 1. The summed E-state index contributed by atoms with van der Waals surface area (Å²) in [6.45, 7) is -0.884. The van der Waals surface area contributed by atoms with Gasteiger partial charge in [0.2, 0.25) is 0 Å². The molecule has 2 atom stereocenters. The third-order valence-electron chi connectivity index (χ3n) is 2.23. The van der Waals surface area contributed by atoms with Gasteiger partial charge in [-0.25, -0.2) is 0 Å². The van der Waals surface area contributed by atoms with Crippen LogP contribution in [0, 0.1) is 10.1 Å². The Hall–Kier alpha value is -1.83. The van der Waals surface area contributed by atoms with Gasteiger partial charge in [0.25, 0.3) is 5.69 Å². The zero-order valence-electron chi connectivity index (χ0n) is 8.68. The molecule has 17 heavy (non-hydrogen) atoms. The lowest BCUT2D eigenvalue weighted by atomic mass is 10.0. The van der Waals surface area contributed by atoms with Crippen LogP contribution in [0.3, 0.4) is 0 Å². The Labute approximate surface area is 96.1 Å². The number of non-ortho nitro benzene ring substituents is 1. The maximum Gasteiger partial charge on any atom is 0.269 e. The number of benzene rings is 1. The van der Waals surface area contributed by atoms with E-state index in [0.717, 1.165) is 12.1 Å². The topological polar surface area (TPSA) is 121 Å². The van der Waals surface area contributed by atoms with Crippen LogP contribution in [0.2, 0.25) is 0 Å². The van der Waals surface area contributed by atoms with E-state index in [0.29, 0.717) is 0 Å². The summed E-state index contributed by atoms with van der Waals surface area (Å²) in [5, 5.41) is 37.8. The summed E-state index contributed by atoms with van der Waals surface area (Å²) in [5.74, 6) is -0.921. The summed E-state index contributed by atoms with van der Waals surface area (Å²) in [7, 11) is 0. The molecule has 0 aliphatic heterocycles. The Morgan fingerprint density at radius 3 is 2.24 bits per heavy atom. The fourth-order valence-electron chi connectivity index (χ4n) is 1.25. The molecule has 0 bridgehead atoms. The Morgan fingerprint density at radius 1 is 1.29 bits per heavy atom.